The fourth-order valence-electron chi connectivity index (χ4n) is 1.61. The van der Waals surface area contributed by atoms with Crippen molar-refractivity contribution in [3.63, 3.8) is 0 Å². The molecule has 0 spiro atoms. The number of rotatable bonds is 2. The van der Waals surface area contributed by atoms with Gasteiger partial charge in [-0.2, -0.15) is 8.42 Å². The SMILES string of the molecule is Cc1cc(C)c(C=CS(=O)(=O)O)c(C)c1. The number of benzene rings is 1. The second-order valence-electron chi connectivity index (χ2n) is 3.63. The Hall–Kier alpha value is -1.13. The van der Waals surface area contributed by atoms with E-state index in [4.69, 9.17) is 4.55 Å². The van der Waals surface area contributed by atoms with E-state index in [1.165, 1.54) is 6.08 Å². The van der Waals surface area contributed by atoms with Crippen LogP contribution in [0.3, 0.4) is 0 Å². The second-order valence-corrected chi connectivity index (χ2v) is 4.93. The minimum Gasteiger partial charge on any atom is -0.282 e. The third-order valence-electron chi connectivity index (χ3n) is 2.14. The van der Waals surface area contributed by atoms with Crippen molar-refractivity contribution in [3.05, 3.63) is 39.8 Å². The van der Waals surface area contributed by atoms with E-state index in [1.807, 2.05) is 32.9 Å². The van der Waals surface area contributed by atoms with Gasteiger partial charge in [0, 0.05) is 0 Å². The van der Waals surface area contributed by atoms with Crippen LogP contribution in [0.15, 0.2) is 17.5 Å². The Morgan fingerprint density at radius 3 is 2.00 bits per heavy atom. The first kappa shape index (κ1) is 11.9. The maximum Gasteiger partial charge on any atom is 0.287 e. The predicted molar refractivity (Wildman–Crippen MR) is 61.2 cm³/mol. The first-order chi connectivity index (χ1) is 6.79. The topological polar surface area (TPSA) is 54.4 Å². The monoisotopic (exact) mass is 226 g/mol. The van der Waals surface area contributed by atoms with Gasteiger partial charge in [-0.3, -0.25) is 4.55 Å². The fraction of sp³-hybridized carbons (Fsp3) is 0.273. The van der Waals surface area contributed by atoms with Crippen molar-refractivity contribution in [1.29, 1.82) is 0 Å². The summed E-state index contributed by atoms with van der Waals surface area (Å²) in [5, 5.41) is 0.803. The van der Waals surface area contributed by atoms with E-state index in [0.29, 0.717) is 0 Å². The summed E-state index contributed by atoms with van der Waals surface area (Å²) in [7, 11) is -4.05. The van der Waals surface area contributed by atoms with Crippen LogP contribution in [0.25, 0.3) is 6.08 Å². The molecule has 82 valence electrons. The van der Waals surface area contributed by atoms with E-state index in [2.05, 4.69) is 0 Å². The largest absolute Gasteiger partial charge is 0.287 e. The Morgan fingerprint density at radius 1 is 1.13 bits per heavy atom. The molecular weight excluding hydrogens is 212 g/mol. The van der Waals surface area contributed by atoms with E-state index in [1.54, 1.807) is 0 Å². The number of hydrogen-bond donors (Lipinski definition) is 1. The van der Waals surface area contributed by atoms with Gasteiger partial charge in [-0.1, -0.05) is 17.7 Å². The molecule has 0 fully saturated rings. The van der Waals surface area contributed by atoms with Crippen molar-refractivity contribution in [1.82, 2.24) is 0 Å². The van der Waals surface area contributed by atoms with E-state index >= 15 is 0 Å². The van der Waals surface area contributed by atoms with Crippen LogP contribution in [0.4, 0.5) is 0 Å². The van der Waals surface area contributed by atoms with Crippen molar-refractivity contribution < 1.29 is 13.0 Å². The zero-order valence-electron chi connectivity index (χ0n) is 8.98. The molecule has 4 heteroatoms. The molecule has 15 heavy (non-hydrogen) atoms. The summed E-state index contributed by atoms with van der Waals surface area (Å²) in [6.45, 7) is 5.80. The van der Waals surface area contributed by atoms with Crippen LogP contribution < -0.4 is 0 Å². The molecule has 1 rings (SSSR count). The molecule has 0 saturated heterocycles. The standard InChI is InChI=1S/C11H14O3S/c1-8-6-9(2)11(10(3)7-8)4-5-15(12,13)14/h4-7H,1-3H3,(H,12,13,14). The Kier molecular flexibility index (Phi) is 3.31. The van der Waals surface area contributed by atoms with Crippen LogP contribution in [0.1, 0.15) is 22.3 Å². The van der Waals surface area contributed by atoms with Crippen molar-refractivity contribution in [2.45, 2.75) is 20.8 Å². The average molecular weight is 226 g/mol. The van der Waals surface area contributed by atoms with Crippen LogP contribution in [-0.4, -0.2) is 13.0 Å². The molecule has 0 heterocycles. The van der Waals surface area contributed by atoms with Gasteiger partial charge in [-0.15, -0.1) is 0 Å². The molecule has 1 aromatic carbocycles. The van der Waals surface area contributed by atoms with E-state index in [-0.39, 0.29) is 0 Å². The summed E-state index contributed by atoms with van der Waals surface area (Å²) in [4.78, 5) is 0. The fourth-order valence-corrected chi connectivity index (χ4v) is 1.92. The summed E-state index contributed by atoms with van der Waals surface area (Å²) in [5.74, 6) is 0. The van der Waals surface area contributed by atoms with Crippen LogP contribution >= 0.6 is 0 Å². The van der Waals surface area contributed by atoms with Crippen LogP contribution in [0, 0.1) is 20.8 Å². The smallest absolute Gasteiger partial charge is 0.282 e. The van der Waals surface area contributed by atoms with Gasteiger partial charge in [0.1, 0.15) is 0 Å². The molecular formula is C11H14O3S. The minimum atomic E-state index is -4.05. The van der Waals surface area contributed by atoms with E-state index in [0.717, 1.165) is 27.7 Å². The van der Waals surface area contributed by atoms with Gasteiger partial charge >= 0.3 is 0 Å². The highest BCUT2D eigenvalue weighted by Gasteiger charge is 2.02. The van der Waals surface area contributed by atoms with E-state index in [9.17, 15) is 8.42 Å². The molecule has 0 atom stereocenters. The molecule has 3 nitrogen and oxygen atoms in total. The van der Waals surface area contributed by atoms with Crippen molar-refractivity contribution in [3.8, 4) is 0 Å². The first-order valence-corrected chi connectivity index (χ1v) is 6.03. The Bertz CT molecular complexity index is 476. The lowest BCUT2D eigenvalue weighted by Crippen LogP contribution is -1.92. The van der Waals surface area contributed by atoms with Crippen molar-refractivity contribution in [2.75, 3.05) is 0 Å². The number of aryl methyl sites for hydroxylation is 3. The first-order valence-electron chi connectivity index (χ1n) is 4.53. The molecule has 0 unspecified atom stereocenters. The van der Waals surface area contributed by atoms with Gasteiger partial charge < -0.3 is 0 Å². The molecule has 0 saturated carbocycles. The minimum absolute atomic E-state index is 0.803. The molecule has 0 aliphatic heterocycles. The van der Waals surface area contributed by atoms with E-state index < -0.39 is 10.1 Å². The molecule has 1 N–H and O–H groups in total. The highest BCUT2D eigenvalue weighted by atomic mass is 32.2. The lowest BCUT2D eigenvalue weighted by atomic mass is 10.0. The highest BCUT2D eigenvalue weighted by molar-refractivity contribution is 7.88. The molecule has 0 amide bonds. The van der Waals surface area contributed by atoms with Gasteiger partial charge in [-0.25, -0.2) is 0 Å². The highest BCUT2D eigenvalue weighted by Crippen LogP contribution is 2.18. The maximum atomic E-state index is 10.6. The normalized spacial score (nSPS) is 12.3. The maximum absolute atomic E-state index is 10.6. The Morgan fingerprint density at radius 2 is 1.60 bits per heavy atom. The quantitative estimate of drug-likeness (QED) is 0.788. The summed E-state index contributed by atoms with van der Waals surface area (Å²) in [5.41, 5.74) is 3.95. The van der Waals surface area contributed by atoms with Crippen molar-refractivity contribution >= 4 is 16.2 Å². The second kappa shape index (κ2) is 4.16. The number of hydrogen-bond acceptors (Lipinski definition) is 2. The van der Waals surface area contributed by atoms with Gasteiger partial charge in [0.25, 0.3) is 10.1 Å². The Balaban J connectivity index is 3.22. The van der Waals surface area contributed by atoms with Gasteiger partial charge in [0.2, 0.25) is 0 Å². The zero-order valence-corrected chi connectivity index (χ0v) is 9.80. The zero-order chi connectivity index (χ0) is 11.6. The van der Waals surface area contributed by atoms with Crippen LogP contribution in [0.5, 0.6) is 0 Å². The summed E-state index contributed by atoms with van der Waals surface area (Å²) >= 11 is 0. The third kappa shape index (κ3) is 3.49. The van der Waals surface area contributed by atoms with Crippen LogP contribution in [-0.2, 0) is 10.1 Å². The lowest BCUT2D eigenvalue weighted by Gasteiger charge is -2.06. The third-order valence-corrected chi connectivity index (χ3v) is 2.62. The lowest BCUT2D eigenvalue weighted by molar-refractivity contribution is 0.494. The average Bonchev–Trinajstić information content (AvgIpc) is 1.99. The molecule has 0 aromatic heterocycles. The summed E-state index contributed by atoms with van der Waals surface area (Å²) in [6, 6.07) is 3.94. The summed E-state index contributed by atoms with van der Waals surface area (Å²) in [6.07, 6.45) is 1.42. The summed E-state index contributed by atoms with van der Waals surface area (Å²) < 4.78 is 29.7. The molecule has 0 radical (unpaired) electrons. The predicted octanol–water partition coefficient (Wildman–Crippen LogP) is 2.47. The molecule has 0 bridgehead atoms. The van der Waals surface area contributed by atoms with Gasteiger partial charge in [-0.05, 0) is 43.5 Å². The Labute approximate surface area is 90.2 Å². The van der Waals surface area contributed by atoms with Crippen LogP contribution in [0.2, 0.25) is 0 Å². The van der Waals surface area contributed by atoms with Crippen molar-refractivity contribution in [2.24, 2.45) is 0 Å². The molecule has 0 aliphatic rings. The van der Waals surface area contributed by atoms with Gasteiger partial charge in [0.05, 0.1) is 5.41 Å². The van der Waals surface area contributed by atoms with Gasteiger partial charge in [0.15, 0.2) is 0 Å². The molecule has 0 aliphatic carbocycles. The molecule has 1 aromatic rings.